The van der Waals surface area contributed by atoms with Crippen molar-refractivity contribution < 1.29 is 9.29 Å². The van der Waals surface area contributed by atoms with Gasteiger partial charge in [-0.15, -0.1) is 0 Å². The summed E-state index contributed by atoms with van der Waals surface area (Å²) in [6.07, 6.45) is 3.67. The fourth-order valence-electron chi connectivity index (χ4n) is 2.01. The minimum absolute atomic E-state index is 0.276. The molecule has 0 fully saturated rings. The third kappa shape index (κ3) is 3.11. The van der Waals surface area contributed by atoms with Crippen LogP contribution in [-0.2, 0) is 17.9 Å². The van der Waals surface area contributed by atoms with Crippen LogP contribution in [0, 0.1) is 0 Å². The second kappa shape index (κ2) is 5.67. The van der Waals surface area contributed by atoms with E-state index in [1.54, 1.807) is 13.4 Å². The number of ether oxygens (including phenoxy) is 1. The number of methoxy groups -OCH3 is 1. The van der Waals surface area contributed by atoms with Gasteiger partial charge in [0.25, 0.3) is 7.98 Å². The van der Waals surface area contributed by atoms with Gasteiger partial charge in [0.2, 0.25) is 0 Å². The number of fused-ring (bicyclic) bond motifs is 1. The molecule has 0 saturated heterocycles. The second-order valence-corrected chi connectivity index (χ2v) is 8.04. The van der Waals surface area contributed by atoms with Crippen molar-refractivity contribution in [3.05, 3.63) is 30.4 Å². The molecule has 0 spiro atoms. The van der Waals surface area contributed by atoms with Gasteiger partial charge in [0.15, 0.2) is 0 Å². The van der Waals surface area contributed by atoms with Gasteiger partial charge in [-0.25, -0.2) is 4.98 Å². The Morgan fingerprint density at radius 3 is 2.80 bits per heavy atom. The lowest BCUT2D eigenvalue weighted by Crippen LogP contribution is -2.41. The van der Waals surface area contributed by atoms with Gasteiger partial charge < -0.3 is 13.7 Å². The van der Waals surface area contributed by atoms with Crippen LogP contribution < -0.4 is 4.74 Å². The summed E-state index contributed by atoms with van der Waals surface area (Å²) in [5, 5.41) is 0. The predicted octanol–water partition coefficient (Wildman–Crippen LogP) is 1.16. The number of imidazole rings is 1. The Hall–Kier alpha value is -1.18. The first-order valence-corrected chi connectivity index (χ1v) is 7.56. The quantitative estimate of drug-likeness (QED) is 0.627. The summed E-state index contributed by atoms with van der Waals surface area (Å²) in [6, 6.07) is 3.83. The van der Waals surface area contributed by atoms with Crippen LogP contribution in [0.25, 0.3) is 5.52 Å². The lowest BCUT2D eigenvalue weighted by atomic mass is 10.3. The molecule has 108 valence electrons. The third-order valence-electron chi connectivity index (χ3n) is 3.01. The number of pyridine rings is 1. The van der Waals surface area contributed by atoms with Gasteiger partial charge in [0.1, 0.15) is 10.5 Å². The van der Waals surface area contributed by atoms with Crippen LogP contribution in [0.5, 0.6) is 5.75 Å². The Kier molecular flexibility index (Phi) is 4.32. The Labute approximate surface area is 123 Å². The Morgan fingerprint density at radius 2 is 2.20 bits per heavy atom. The number of nitrogens with zero attached hydrogens (tertiary/aromatic N) is 3. The lowest BCUT2D eigenvalue weighted by molar-refractivity contribution is 0.414. The van der Waals surface area contributed by atoms with Gasteiger partial charge in [-0.05, 0) is 26.8 Å². The number of rotatable bonds is 4. The first-order chi connectivity index (χ1) is 9.32. The van der Waals surface area contributed by atoms with Crippen LogP contribution in [0.2, 0.25) is 0 Å². The van der Waals surface area contributed by atoms with Crippen LogP contribution in [0.4, 0.5) is 0 Å². The molecule has 0 radical (unpaired) electrons. The fraction of sp³-hybridized carbons (Fsp3) is 0.462. The van der Waals surface area contributed by atoms with Gasteiger partial charge >= 0.3 is 0 Å². The van der Waals surface area contributed by atoms with Crippen molar-refractivity contribution >= 4 is 24.9 Å². The maximum absolute atomic E-state index is 12.3. The molecular weight excluding hydrogens is 273 g/mol. The van der Waals surface area contributed by atoms with Crippen molar-refractivity contribution in [3.8, 4) is 5.75 Å². The van der Waals surface area contributed by atoms with E-state index in [1.807, 2.05) is 55.7 Å². The molecule has 0 aliphatic carbocycles. The van der Waals surface area contributed by atoms with E-state index in [9.17, 15) is 4.55 Å². The molecule has 0 aromatic carbocycles. The monoisotopic (exact) mass is 293 g/mol. The minimum Gasteiger partial charge on any atom is -0.598 e. The highest BCUT2D eigenvalue weighted by Gasteiger charge is 2.30. The average Bonchev–Trinajstić information content (AvgIpc) is 2.79. The summed E-state index contributed by atoms with van der Waals surface area (Å²) in [7, 11) is 3.50. The molecule has 2 aromatic heterocycles. The fourth-order valence-corrected chi connectivity index (χ4v) is 3.18. The molecule has 2 rings (SSSR count). The van der Waals surface area contributed by atoms with Crippen molar-refractivity contribution in [3.63, 3.8) is 0 Å². The smallest absolute Gasteiger partial charge is 0.250 e. The van der Waals surface area contributed by atoms with Gasteiger partial charge in [0, 0.05) is 23.6 Å². The van der Waals surface area contributed by atoms with E-state index in [4.69, 9.17) is 4.74 Å². The largest absolute Gasteiger partial charge is 0.598 e. The molecule has 2 heterocycles. The second-order valence-electron chi connectivity index (χ2n) is 5.70. The molecule has 20 heavy (non-hydrogen) atoms. The molecule has 1 atom stereocenters. The van der Waals surface area contributed by atoms with E-state index >= 15 is 0 Å². The molecule has 0 saturated carbocycles. The molecule has 0 bridgehead atoms. The highest BCUT2D eigenvalue weighted by Crippen LogP contribution is 2.22. The number of aromatic nitrogens is 2. The predicted molar refractivity (Wildman–Crippen MR) is 83.7 cm³/mol. The van der Waals surface area contributed by atoms with E-state index in [0.717, 1.165) is 17.0 Å². The minimum atomic E-state index is -1.06. The number of hydrogen-bond acceptors (Lipinski definition) is 4. The zero-order valence-electron chi connectivity index (χ0n) is 12.6. The molecule has 2 aromatic rings. The summed E-state index contributed by atoms with van der Waals surface area (Å²) in [4.78, 5) is 4.41. The van der Waals surface area contributed by atoms with Crippen LogP contribution in [0.15, 0.2) is 24.7 Å². The molecule has 0 aliphatic rings. The average molecular weight is 293 g/mol. The zero-order chi connectivity index (χ0) is 14.9. The SMILES string of the molecule is BN(Cc1ncn2ccc(OC)cc12)[S+]([O-])C(C)(C)C. The van der Waals surface area contributed by atoms with Crippen molar-refractivity contribution in [1.29, 1.82) is 0 Å². The summed E-state index contributed by atoms with van der Waals surface area (Å²) >= 11 is -1.06. The molecule has 1 unspecified atom stereocenters. The van der Waals surface area contributed by atoms with Crippen molar-refractivity contribution in [2.45, 2.75) is 32.1 Å². The highest BCUT2D eigenvalue weighted by molar-refractivity contribution is 7.91. The first-order valence-electron chi connectivity index (χ1n) is 6.45. The third-order valence-corrected chi connectivity index (χ3v) is 4.75. The highest BCUT2D eigenvalue weighted by atomic mass is 32.2. The molecule has 0 N–H and O–H groups in total. The maximum atomic E-state index is 12.3. The van der Waals surface area contributed by atoms with Crippen LogP contribution >= 0.6 is 0 Å². The molecule has 0 aliphatic heterocycles. The number of hydrogen-bond donors (Lipinski definition) is 0. The molecular formula is C13H20BN3O2S. The van der Waals surface area contributed by atoms with Crippen molar-refractivity contribution in [2.75, 3.05) is 7.11 Å². The lowest BCUT2D eigenvalue weighted by Gasteiger charge is -2.30. The Morgan fingerprint density at radius 1 is 1.50 bits per heavy atom. The van der Waals surface area contributed by atoms with Gasteiger partial charge in [-0.3, -0.25) is 0 Å². The van der Waals surface area contributed by atoms with Crippen molar-refractivity contribution in [1.82, 2.24) is 13.6 Å². The van der Waals surface area contributed by atoms with E-state index < -0.39 is 11.4 Å². The topological polar surface area (TPSA) is 52.8 Å². The first kappa shape index (κ1) is 15.2. The summed E-state index contributed by atoms with van der Waals surface area (Å²) in [6.45, 7) is 6.43. The summed E-state index contributed by atoms with van der Waals surface area (Å²) < 4.78 is 21.0. The van der Waals surface area contributed by atoms with Crippen LogP contribution in [0.1, 0.15) is 26.5 Å². The van der Waals surface area contributed by atoms with E-state index in [2.05, 4.69) is 4.98 Å². The maximum Gasteiger partial charge on any atom is 0.250 e. The summed E-state index contributed by atoms with van der Waals surface area (Å²) in [5.41, 5.74) is 1.87. The van der Waals surface area contributed by atoms with Crippen molar-refractivity contribution in [2.24, 2.45) is 0 Å². The molecule has 5 nitrogen and oxygen atoms in total. The van der Waals surface area contributed by atoms with E-state index in [0.29, 0.717) is 6.54 Å². The van der Waals surface area contributed by atoms with Crippen LogP contribution in [-0.4, -0.2) is 38.0 Å². The molecule has 0 amide bonds. The molecule has 7 heteroatoms. The van der Waals surface area contributed by atoms with E-state index in [-0.39, 0.29) is 4.75 Å². The van der Waals surface area contributed by atoms with Gasteiger partial charge in [0.05, 0.1) is 31.2 Å². The zero-order valence-corrected chi connectivity index (χ0v) is 13.4. The Balaban J connectivity index is 2.25. The normalized spacial score (nSPS) is 13.9. The Bertz CT molecular complexity index is 597. The van der Waals surface area contributed by atoms with Gasteiger partial charge in [-0.2, -0.15) is 4.22 Å². The summed E-state index contributed by atoms with van der Waals surface area (Å²) in [5.74, 6) is 0.791. The van der Waals surface area contributed by atoms with E-state index in [1.165, 1.54) is 0 Å². The van der Waals surface area contributed by atoms with Gasteiger partial charge in [-0.1, -0.05) is 0 Å². The van der Waals surface area contributed by atoms with Crippen LogP contribution in [0.3, 0.4) is 0 Å². The standard InChI is InChI=1S/C13H20BN3O2S/c1-13(2,3)20(18)17(14)8-11-12-7-10(19-4)5-6-16(12)9-15-11/h5-7,9H,8,14H2,1-4H3.